The van der Waals surface area contributed by atoms with Crippen molar-refractivity contribution < 1.29 is 14.3 Å². The summed E-state index contributed by atoms with van der Waals surface area (Å²) in [5, 5.41) is 2.79. The van der Waals surface area contributed by atoms with Gasteiger partial charge >= 0.3 is 6.09 Å². The Morgan fingerprint density at radius 3 is 2.32 bits per heavy atom. The van der Waals surface area contributed by atoms with Crippen LogP contribution >= 0.6 is 0 Å². The molecule has 1 rings (SSSR count). The Bertz CT molecular complexity index is 575. The van der Waals surface area contributed by atoms with E-state index in [0.717, 1.165) is 12.0 Å². The van der Waals surface area contributed by atoms with E-state index >= 15 is 0 Å². The zero-order chi connectivity index (χ0) is 19.0. The monoisotopic (exact) mass is 345 g/mol. The fraction of sp³-hybridized carbons (Fsp3) is 0.524. The number of carbonyl (C=O) groups excluding carboxylic acids is 2. The molecule has 0 spiro atoms. The first-order valence-electron chi connectivity index (χ1n) is 8.88. The molecule has 4 heteroatoms. The molecule has 1 aromatic rings. The third kappa shape index (κ3) is 6.73. The van der Waals surface area contributed by atoms with Gasteiger partial charge in [0.2, 0.25) is 0 Å². The lowest BCUT2D eigenvalue weighted by Gasteiger charge is -2.28. The maximum absolute atomic E-state index is 13.2. The molecule has 0 radical (unpaired) electrons. The van der Waals surface area contributed by atoms with Gasteiger partial charge in [0, 0.05) is 5.92 Å². The van der Waals surface area contributed by atoms with Crippen LogP contribution in [0.15, 0.2) is 43.0 Å². The molecule has 0 saturated heterocycles. The van der Waals surface area contributed by atoms with Crippen molar-refractivity contribution >= 4 is 11.9 Å². The van der Waals surface area contributed by atoms with Gasteiger partial charge in [-0.1, -0.05) is 56.7 Å². The zero-order valence-corrected chi connectivity index (χ0v) is 16.0. The number of benzene rings is 1. The van der Waals surface area contributed by atoms with Gasteiger partial charge in [-0.2, -0.15) is 0 Å². The van der Waals surface area contributed by atoms with Gasteiger partial charge in [0.25, 0.3) is 0 Å². The molecule has 0 aliphatic heterocycles. The van der Waals surface area contributed by atoms with Crippen molar-refractivity contribution in [2.24, 2.45) is 5.92 Å². The summed E-state index contributed by atoms with van der Waals surface area (Å²) in [5.74, 6) is -0.324. The van der Waals surface area contributed by atoms with Crippen LogP contribution in [0.4, 0.5) is 4.79 Å². The Morgan fingerprint density at radius 1 is 1.24 bits per heavy atom. The summed E-state index contributed by atoms with van der Waals surface area (Å²) >= 11 is 0. The highest BCUT2D eigenvalue weighted by molar-refractivity contribution is 5.93. The molecular weight excluding hydrogens is 314 g/mol. The highest BCUT2D eigenvalue weighted by atomic mass is 16.6. The third-order valence-electron chi connectivity index (χ3n) is 4.14. The number of hydrogen-bond donors (Lipinski definition) is 1. The van der Waals surface area contributed by atoms with Gasteiger partial charge < -0.3 is 10.1 Å². The van der Waals surface area contributed by atoms with Crippen molar-refractivity contribution in [3.63, 3.8) is 0 Å². The van der Waals surface area contributed by atoms with E-state index in [1.54, 1.807) is 26.8 Å². The number of ether oxygens (including phenoxy) is 1. The first-order chi connectivity index (χ1) is 11.7. The fourth-order valence-electron chi connectivity index (χ4n) is 2.65. The largest absolute Gasteiger partial charge is 0.444 e. The molecule has 1 N–H and O–H groups in total. The Kier molecular flexibility index (Phi) is 7.88. The second kappa shape index (κ2) is 9.40. The first kappa shape index (κ1) is 20.9. The fourth-order valence-corrected chi connectivity index (χ4v) is 2.65. The molecule has 25 heavy (non-hydrogen) atoms. The van der Waals surface area contributed by atoms with Crippen LogP contribution in [0.1, 0.15) is 58.9 Å². The van der Waals surface area contributed by atoms with E-state index in [9.17, 15) is 9.59 Å². The maximum atomic E-state index is 13.2. The third-order valence-corrected chi connectivity index (χ3v) is 4.14. The molecule has 4 nitrogen and oxygen atoms in total. The van der Waals surface area contributed by atoms with Crippen molar-refractivity contribution in [2.45, 2.75) is 65.0 Å². The minimum absolute atomic E-state index is 0.00805. The lowest BCUT2D eigenvalue weighted by molar-refractivity contribution is -0.123. The van der Waals surface area contributed by atoms with E-state index in [1.807, 2.05) is 44.2 Å². The van der Waals surface area contributed by atoms with Gasteiger partial charge in [-0.25, -0.2) is 4.79 Å². The van der Waals surface area contributed by atoms with Gasteiger partial charge in [0.05, 0.1) is 6.04 Å². The predicted octanol–water partition coefficient (Wildman–Crippen LogP) is 4.85. The Morgan fingerprint density at radius 2 is 1.84 bits per heavy atom. The topological polar surface area (TPSA) is 55.4 Å². The van der Waals surface area contributed by atoms with Crippen LogP contribution in [0.2, 0.25) is 0 Å². The second-order valence-corrected chi connectivity index (χ2v) is 7.40. The average molecular weight is 345 g/mol. The summed E-state index contributed by atoms with van der Waals surface area (Å²) in [6.07, 6.45) is 2.50. The van der Waals surface area contributed by atoms with Crippen LogP contribution in [0, 0.1) is 5.92 Å². The first-order valence-corrected chi connectivity index (χ1v) is 8.88. The van der Waals surface area contributed by atoms with Gasteiger partial charge in [-0.15, -0.1) is 6.58 Å². The molecule has 1 aromatic carbocycles. The van der Waals surface area contributed by atoms with Gasteiger partial charge in [0.1, 0.15) is 5.60 Å². The van der Waals surface area contributed by atoms with Crippen molar-refractivity contribution in [3.05, 3.63) is 48.6 Å². The number of ketones is 1. The highest BCUT2D eigenvalue weighted by Gasteiger charge is 2.33. The maximum Gasteiger partial charge on any atom is 0.408 e. The number of hydrogen-bond acceptors (Lipinski definition) is 3. The van der Waals surface area contributed by atoms with Gasteiger partial charge in [-0.05, 0) is 38.7 Å². The minimum atomic E-state index is -0.604. The number of nitrogens with one attached hydrogen (secondary N) is 1. The number of rotatable bonds is 8. The number of allylic oxidation sites excluding steroid dienone is 1. The van der Waals surface area contributed by atoms with Crippen molar-refractivity contribution in [3.8, 4) is 0 Å². The molecular formula is C21H31NO3. The van der Waals surface area contributed by atoms with Crippen LogP contribution in [0.25, 0.3) is 0 Å². The molecule has 0 heterocycles. The van der Waals surface area contributed by atoms with E-state index in [4.69, 9.17) is 4.74 Å². The summed E-state index contributed by atoms with van der Waals surface area (Å²) in [7, 11) is 0. The smallest absolute Gasteiger partial charge is 0.408 e. The quantitative estimate of drug-likeness (QED) is 0.685. The normalized spacial score (nSPS) is 14.9. The number of Topliss-reactive ketones (excluding diaryl/α,β-unsaturated/α-hetero) is 1. The zero-order valence-electron chi connectivity index (χ0n) is 16.0. The second-order valence-electron chi connectivity index (χ2n) is 7.40. The lowest BCUT2D eigenvalue weighted by Crippen LogP contribution is -2.48. The Hall–Kier alpha value is -2.10. The van der Waals surface area contributed by atoms with Crippen molar-refractivity contribution in [1.29, 1.82) is 0 Å². The molecule has 0 unspecified atom stereocenters. The standard InChI is InChI=1S/C21H31NO3/c1-7-12-17(16-13-10-9-11-14-16)19(23)18(15(3)8-2)22-20(24)25-21(4,5)6/h7,9-11,13-15,17-18H,1,8,12H2,2-6H3,(H,22,24)/t15-,17+,18-/m0/s1. The Labute approximate surface area is 151 Å². The Balaban J connectivity index is 3.04. The summed E-state index contributed by atoms with van der Waals surface area (Å²) < 4.78 is 5.34. The van der Waals surface area contributed by atoms with E-state index < -0.39 is 17.7 Å². The summed E-state index contributed by atoms with van der Waals surface area (Å²) in [5.41, 5.74) is 0.333. The molecule has 0 fully saturated rings. The van der Waals surface area contributed by atoms with Gasteiger partial charge in [-0.3, -0.25) is 4.79 Å². The highest BCUT2D eigenvalue weighted by Crippen LogP contribution is 2.25. The SMILES string of the molecule is C=CC[C@@H](C(=O)[C@@H](NC(=O)OC(C)(C)C)[C@@H](C)CC)c1ccccc1. The lowest BCUT2D eigenvalue weighted by atomic mass is 9.83. The van der Waals surface area contributed by atoms with Crippen LogP contribution in [0.5, 0.6) is 0 Å². The number of alkyl carbamates (subject to hydrolysis) is 1. The van der Waals surface area contributed by atoms with E-state index in [-0.39, 0.29) is 17.6 Å². The summed E-state index contributed by atoms with van der Waals surface area (Å²) in [4.78, 5) is 25.4. The van der Waals surface area contributed by atoms with E-state index in [0.29, 0.717) is 6.42 Å². The molecule has 0 aliphatic rings. The van der Waals surface area contributed by atoms with Crippen LogP contribution in [-0.4, -0.2) is 23.5 Å². The summed E-state index contributed by atoms with van der Waals surface area (Å²) in [6.45, 7) is 13.2. The van der Waals surface area contributed by atoms with Crippen LogP contribution in [0.3, 0.4) is 0 Å². The van der Waals surface area contributed by atoms with E-state index in [1.165, 1.54) is 0 Å². The number of amides is 1. The molecule has 3 atom stereocenters. The van der Waals surface area contributed by atoms with E-state index in [2.05, 4.69) is 11.9 Å². The molecule has 0 aliphatic carbocycles. The summed E-state index contributed by atoms with van der Waals surface area (Å²) in [6, 6.07) is 9.03. The molecule has 138 valence electrons. The van der Waals surface area contributed by atoms with Crippen LogP contribution < -0.4 is 5.32 Å². The molecule has 0 saturated carbocycles. The molecule has 1 amide bonds. The average Bonchev–Trinajstić information content (AvgIpc) is 2.55. The van der Waals surface area contributed by atoms with Crippen molar-refractivity contribution in [1.82, 2.24) is 5.32 Å². The molecule has 0 aromatic heterocycles. The number of carbonyl (C=O) groups is 2. The van der Waals surface area contributed by atoms with Crippen molar-refractivity contribution in [2.75, 3.05) is 0 Å². The van der Waals surface area contributed by atoms with Gasteiger partial charge in [0.15, 0.2) is 5.78 Å². The molecule has 0 bridgehead atoms. The van der Waals surface area contributed by atoms with Crippen LogP contribution in [-0.2, 0) is 9.53 Å². The minimum Gasteiger partial charge on any atom is -0.444 e. The predicted molar refractivity (Wildman–Crippen MR) is 102 cm³/mol.